The average molecular weight is 590 g/mol. The molecule has 220 valence electrons. The van der Waals surface area contributed by atoms with Crippen molar-refractivity contribution in [2.24, 2.45) is 5.92 Å². The maximum Gasteiger partial charge on any atom is 0.407 e. The van der Waals surface area contributed by atoms with Crippen molar-refractivity contribution in [1.29, 1.82) is 0 Å². The zero-order chi connectivity index (χ0) is 30.3. The number of carbonyl (C=O) groups excluding carboxylic acids is 3. The molecule has 0 fully saturated rings. The van der Waals surface area contributed by atoms with E-state index in [-0.39, 0.29) is 47.4 Å². The van der Waals surface area contributed by atoms with Crippen LogP contribution in [-0.4, -0.2) is 69.6 Å². The number of nitrogens with one attached hydrogen (secondary N) is 3. The predicted octanol–water partition coefficient (Wildman–Crippen LogP) is 3.25. The van der Waals surface area contributed by atoms with E-state index in [9.17, 15) is 23.6 Å². The van der Waals surface area contributed by atoms with Crippen molar-refractivity contribution >= 4 is 46.2 Å². The molecule has 3 aromatic heterocycles. The first-order chi connectivity index (χ1) is 19.4. The Hall–Kier alpha value is -4.26. The van der Waals surface area contributed by atoms with Crippen molar-refractivity contribution in [2.45, 2.75) is 45.7 Å². The molecule has 1 unspecified atom stereocenters. The Morgan fingerprint density at radius 3 is 2.68 bits per heavy atom. The summed E-state index contributed by atoms with van der Waals surface area (Å²) in [6.45, 7) is 3.94. The van der Waals surface area contributed by atoms with Gasteiger partial charge in [0.1, 0.15) is 23.1 Å². The second kappa shape index (κ2) is 13.9. The Morgan fingerprint density at radius 1 is 1.29 bits per heavy atom. The van der Waals surface area contributed by atoms with E-state index in [1.807, 2.05) is 13.8 Å². The number of imidazole rings is 1. The van der Waals surface area contributed by atoms with E-state index in [0.29, 0.717) is 23.5 Å². The van der Waals surface area contributed by atoms with E-state index in [4.69, 9.17) is 11.6 Å². The normalized spacial score (nSPS) is 12.1. The molecule has 12 nitrogen and oxygen atoms in total. The fourth-order valence-corrected chi connectivity index (χ4v) is 4.16. The van der Waals surface area contributed by atoms with Crippen molar-refractivity contribution in [3.8, 4) is 0 Å². The second-order valence-corrected chi connectivity index (χ2v) is 10.4. The number of aromatic amines is 1. The summed E-state index contributed by atoms with van der Waals surface area (Å²) in [7, 11) is 4.36. The molecule has 0 saturated carbocycles. The van der Waals surface area contributed by atoms with E-state index in [1.165, 1.54) is 27.8 Å². The molecular formula is C27H33ClFN7O5. The molecular weight excluding hydrogens is 557 g/mol. The minimum absolute atomic E-state index is 0.0912. The summed E-state index contributed by atoms with van der Waals surface area (Å²) in [5.74, 6) is -0.942. The maximum absolute atomic E-state index is 14.4. The Labute approximate surface area is 240 Å². The topological polar surface area (TPSA) is 151 Å². The Bertz CT molecular complexity index is 1520. The summed E-state index contributed by atoms with van der Waals surface area (Å²) >= 11 is 6.26. The lowest BCUT2D eigenvalue weighted by atomic mass is 10.1. The number of H-pyrrole nitrogens is 1. The number of likely N-dealkylation sites (N-methyl/N-ethyl adjacent to an activating group) is 1. The van der Waals surface area contributed by atoms with Gasteiger partial charge < -0.3 is 29.8 Å². The van der Waals surface area contributed by atoms with Crippen LogP contribution in [-0.2, 0) is 27.3 Å². The number of hydrogen-bond acceptors (Lipinski definition) is 7. The van der Waals surface area contributed by atoms with Gasteiger partial charge >= 0.3 is 6.09 Å². The van der Waals surface area contributed by atoms with Gasteiger partial charge in [0, 0.05) is 20.3 Å². The van der Waals surface area contributed by atoms with Crippen LogP contribution in [0.4, 0.5) is 14.9 Å². The zero-order valence-electron chi connectivity index (χ0n) is 23.5. The molecule has 0 aliphatic rings. The highest BCUT2D eigenvalue weighted by Gasteiger charge is 2.23. The highest BCUT2D eigenvalue weighted by molar-refractivity contribution is 6.30. The maximum atomic E-state index is 14.4. The summed E-state index contributed by atoms with van der Waals surface area (Å²) in [6.07, 6.45) is 5.58. The number of allylic oxidation sites excluding steroid dienone is 1. The van der Waals surface area contributed by atoms with Gasteiger partial charge in [-0.15, -0.1) is 0 Å². The SMILES string of the molecule is COC(=O)NC(CC/C=C/C(=O)N(C)C)C(=O)Nc1cc(Cl)cn(Cc2nc3c(F)cnc(CC(C)C)c3[nH]2)c1=O. The summed E-state index contributed by atoms with van der Waals surface area (Å²) in [4.78, 5) is 62.9. The molecule has 0 aliphatic heterocycles. The van der Waals surface area contributed by atoms with Gasteiger partial charge in [-0.2, -0.15) is 0 Å². The van der Waals surface area contributed by atoms with Crippen LogP contribution in [0.5, 0.6) is 0 Å². The van der Waals surface area contributed by atoms with Crippen LogP contribution in [0.15, 0.2) is 35.4 Å². The van der Waals surface area contributed by atoms with Crippen molar-refractivity contribution in [1.82, 2.24) is 29.7 Å². The summed E-state index contributed by atoms with van der Waals surface area (Å²) in [6, 6.07) is 0.199. The standard InChI is InChI=1S/C27H33ClFN7O5/c1-15(2)10-19-24-23(17(29)12-30-19)33-21(34-24)14-36-13-16(28)11-20(26(36)39)31-25(38)18(32-27(40)41-5)8-6-7-9-22(37)35(3)4/h7,9,11-13,15,18H,6,8,10,14H2,1-5H3,(H,31,38)(H,32,40)(H,33,34)/b9-7+. The van der Waals surface area contributed by atoms with E-state index in [2.05, 4.69) is 30.3 Å². The molecule has 1 atom stereocenters. The monoisotopic (exact) mass is 589 g/mol. The van der Waals surface area contributed by atoms with Crippen LogP contribution in [0.25, 0.3) is 11.0 Å². The highest BCUT2D eigenvalue weighted by atomic mass is 35.5. The third-order valence-electron chi connectivity index (χ3n) is 5.95. The second-order valence-electron chi connectivity index (χ2n) is 9.95. The molecule has 0 spiro atoms. The summed E-state index contributed by atoms with van der Waals surface area (Å²) in [5, 5.41) is 5.08. The van der Waals surface area contributed by atoms with Crippen LogP contribution in [0, 0.1) is 11.7 Å². The molecule has 3 aromatic rings. The van der Waals surface area contributed by atoms with Gasteiger partial charge in [-0.05, 0) is 37.3 Å². The van der Waals surface area contributed by atoms with Crippen LogP contribution in [0.3, 0.4) is 0 Å². The lowest BCUT2D eigenvalue weighted by Crippen LogP contribution is -2.44. The van der Waals surface area contributed by atoms with Gasteiger partial charge in [-0.1, -0.05) is 31.5 Å². The first-order valence-electron chi connectivity index (χ1n) is 12.8. The molecule has 0 aliphatic carbocycles. The Balaban J connectivity index is 1.83. The first-order valence-corrected chi connectivity index (χ1v) is 13.2. The van der Waals surface area contributed by atoms with Gasteiger partial charge in [0.05, 0.1) is 36.1 Å². The Kier molecular flexibility index (Phi) is 10.6. The number of alkyl carbamates (subject to hydrolysis) is 1. The number of carbonyl (C=O) groups is 3. The van der Waals surface area contributed by atoms with Gasteiger partial charge in [0.2, 0.25) is 11.8 Å². The zero-order valence-corrected chi connectivity index (χ0v) is 24.2. The van der Waals surface area contributed by atoms with Crippen molar-refractivity contribution in [3.05, 3.63) is 63.3 Å². The van der Waals surface area contributed by atoms with Gasteiger partial charge in [0.15, 0.2) is 5.82 Å². The number of anilines is 1. The average Bonchev–Trinajstić information content (AvgIpc) is 3.34. The molecule has 3 rings (SSSR count). The Morgan fingerprint density at radius 2 is 2.02 bits per heavy atom. The number of aromatic nitrogens is 4. The lowest BCUT2D eigenvalue weighted by Gasteiger charge is -2.17. The van der Waals surface area contributed by atoms with E-state index in [1.54, 1.807) is 20.2 Å². The van der Waals surface area contributed by atoms with Crippen molar-refractivity contribution < 1.29 is 23.5 Å². The summed E-state index contributed by atoms with van der Waals surface area (Å²) < 4.78 is 20.3. The number of methoxy groups -OCH3 is 1. The molecule has 3 N–H and O–H groups in total. The molecule has 0 bridgehead atoms. The largest absolute Gasteiger partial charge is 0.453 e. The van der Waals surface area contributed by atoms with Crippen molar-refractivity contribution in [3.63, 3.8) is 0 Å². The molecule has 3 amide bonds. The molecule has 41 heavy (non-hydrogen) atoms. The molecule has 0 saturated heterocycles. The minimum atomic E-state index is -1.08. The third kappa shape index (κ3) is 8.37. The number of nitrogens with zero attached hydrogens (tertiary/aromatic N) is 4. The van der Waals surface area contributed by atoms with Gasteiger partial charge in [0.25, 0.3) is 5.56 Å². The van der Waals surface area contributed by atoms with Gasteiger partial charge in [-0.25, -0.2) is 14.2 Å². The highest BCUT2D eigenvalue weighted by Crippen LogP contribution is 2.21. The van der Waals surface area contributed by atoms with Crippen LogP contribution in [0.2, 0.25) is 5.02 Å². The number of amides is 3. The number of rotatable bonds is 11. The number of ether oxygens (including phenoxy) is 1. The molecule has 0 aromatic carbocycles. The van der Waals surface area contributed by atoms with E-state index in [0.717, 1.165) is 13.3 Å². The molecule has 3 heterocycles. The summed E-state index contributed by atoms with van der Waals surface area (Å²) in [5.41, 5.74) is 0.494. The fraction of sp³-hybridized carbons (Fsp3) is 0.407. The van der Waals surface area contributed by atoms with Crippen molar-refractivity contribution in [2.75, 3.05) is 26.5 Å². The quantitative estimate of drug-likeness (QED) is 0.290. The predicted molar refractivity (Wildman–Crippen MR) is 152 cm³/mol. The molecule has 0 radical (unpaired) electrons. The number of fused-ring (bicyclic) bond motifs is 1. The van der Waals surface area contributed by atoms with E-state index >= 15 is 0 Å². The smallest absolute Gasteiger partial charge is 0.407 e. The number of pyridine rings is 2. The van der Waals surface area contributed by atoms with Gasteiger partial charge in [-0.3, -0.25) is 19.4 Å². The molecule has 14 heteroatoms. The minimum Gasteiger partial charge on any atom is -0.453 e. The van der Waals surface area contributed by atoms with Crippen LogP contribution >= 0.6 is 11.6 Å². The van der Waals surface area contributed by atoms with Crippen LogP contribution in [0.1, 0.15) is 38.2 Å². The number of hydrogen-bond donors (Lipinski definition) is 3. The third-order valence-corrected chi connectivity index (χ3v) is 6.16. The number of halogens is 2. The lowest BCUT2D eigenvalue weighted by molar-refractivity contribution is -0.123. The first kappa shape index (κ1) is 31.3. The fourth-order valence-electron chi connectivity index (χ4n) is 3.93. The van der Waals surface area contributed by atoms with Crippen LogP contribution < -0.4 is 16.2 Å². The van der Waals surface area contributed by atoms with E-state index < -0.39 is 29.4 Å².